The molecule has 0 saturated heterocycles. The number of para-hydroxylation sites is 1. The SMILES string of the molecule is CSc1nnc(C(F)F)n1/N=C\c1ccc(COc2ccccc2C)o1. The van der Waals surface area contributed by atoms with Crippen LogP contribution in [0, 0.1) is 6.92 Å². The molecule has 0 spiro atoms. The smallest absolute Gasteiger partial charge is 0.299 e. The Labute approximate surface area is 152 Å². The van der Waals surface area contributed by atoms with Crippen molar-refractivity contribution in [3.05, 3.63) is 59.3 Å². The van der Waals surface area contributed by atoms with Crippen molar-refractivity contribution >= 4 is 18.0 Å². The molecule has 6 nitrogen and oxygen atoms in total. The zero-order chi connectivity index (χ0) is 18.5. The van der Waals surface area contributed by atoms with Gasteiger partial charge < -0.3 is 9.15 Å². The van der Waals surface area contributed by atoms with Crippen LogP contribution in [0.2, 0.25) is 0 Å². The Balaban J connectivity index is 1.70. The third kappa shape index (κ3) is 4.10. The molecule has 0 aliphatic rings. The van der Waals surface area contributed by atoms with Crippen molar-refractivity contribution in [1.82, 2.24) is 14.9 Å². The van der Waals surface area contributed by atoms with E-state index in [1.165, 1.54) is 18.0 Å². The number of benzene rings is 1. The molecule has 9 heteroatoms. The molecule has 3 rings (SSSR count). The number of alkyl halides is 2. The van der Waals surface area contributed by atoms with E-state index < -0.39 is 12.2 Å². The van der Waals surface area contributed by atoms with E-state index in [0.29, 0.717) is 11.5 Å². The fraction of sp³-hybridized carbons (Fsp3) is 0.235. The molecule has 0 amide bonds. The van der Waals surface area contributed by atoms with Gasteiger partial charge in [0.2, 0.25) is 11.0 Å². The highest BCUT2D eigenvalue weighted by atomic mass is 32.2. The summed E-state index contributed by atoms with van der Waals surface area (Å²) in [5.74, 6) is 1.27. The minimum atomic E-state index is -2.77. The second-order valence-electron chi connectivity index (χ2n) is 5.26. The first-order chi connectivity index (χ1) is 12.6. The van der Waals surface area contributed by atoms with Crippen molar-refractivity contribution in [2.24, 2.45) is 5.10 Å². The molecule has 0 bridgehead atoms. The second-order valence-corrected chi connectivity index (χ2v) is 6.03. The van der Waals surface area contributed by atoms with E-state index in [1.807, 2.05) is 31.2 Å². The molecule has 2 heterocycles. The van der Waals surface area contributed by atoms with Crippen LogP contribution in [-0.4, -0.2) is 27.3 Å². The first-order valence-electron chi connectivity index (χ1n) is 7.67. The highest BCUT2D eigenvalue weighted by Crippen LogP contribution is 2.22. The summed E-state index contributed by atoms with van der Waals surface area (Å²) in [4.78, 5) is 0. The summed E-state index contributed by atoms with van der Waals surface area (Å²) in [6, 6.07) is 11.1. The summed E-state index contributed by atoms with van der Waals surface area (Å²) < 4.78 is 38.2. The Bertz CT molecular complexity index is 908. The monoisotopic (exact) mass is 378 g/mol. The highest BCUT2D eigenvalue weighted by Gasteiger charge is 2.19. The van der Waals surface area contributed by atoms with Crippen molar-refractivity contribution in [2.75, 3.05) is 6.26 Å². The third-order valence-electron chi connectivity index (χ3n) is 3.46. The van der Waals surface area contributed by atoms with Gasteiger partial charge in [0.25, 0.3) is 6.43 Å². The number of aryl methyl sites for hydroxylation is 1. The normalized spacial score (nSPS) is 11.6. The number of furan rings is 1. The lowest BCUT2D eigenvalue weighted by atomic mass is 10.2. The van der Waals surface area contributed by atoms with E-state index in [1.54, 1.807) is 18.4 Å². The molecule has 0 atom stereocenters. The number of nitrogens with zero attached hydrogens (tertiary/aromatic N) is 4. The molecule has 0 saturated carbocycles. The van der Waals surface area contributed by atoms with Gasteiger partial charge in [-0.1, -0.05) is 30.0 Å². The number of halogens is 2. The predicted molar refractivity (Wildman–Crippen MR) is 94.0 cm³/mol. The molecule has 136 valence electrons. The average molecular weight is 378 g/mol. The van der Waals surface area contributed by atoms with Gasteiger partial charge >= 0.3 is 0 Å². The molecule has 1 aromatic carbocycles. The number of hydrogen-bond acceptors (Lipinski definition) is 6. The van der Waals surface area contributed by atoms with E-state index in [4.69, 9.17) is 9.15 Å². The minimum absolute atomic E-state index is 0.254. The zero-order valence-electron chi connectivity index (χ0n) is 14.1. The first-order valence-corrected chi connectivity index (χ1v) is 8.90. The Hall–Kier alpha value is -2.68. The summed E-state index contributed by atoms with van der Waals surface area (Å²) in [5.41, 5.74) is 1.03. The molecular weight excluding hydrogens is 362 g/mol. The Morgan fingerprint density at radius 2 is 2.08 bits per heavy atom. The van der Waals surface area contributed by atoms with Crippen LogP contribution in [0.4, 0.5) is 8.78 Å². The quantitative estimate of drug-likeness (QED) is 0.453. The number of aromatic nitrogens is 3. The van der Waals surface area contributed by atoms with E-state index >= 15 is 0 Å². The minimum Gasteiger partial charge on any atom is -0.485 e. The number of ether oxygens (including phenoxy) is 1. The maximum Gasteiger partial charge on any atom is 0.299 e. The van der Waals surface area contributed by atoms with Crippen LogP contribution in [0.5, 0.6) is 5.75 Å². The summed E-state index contributed by atoms with van der Waals surface area (Å²) in [6.45, 7) is 2.21. The highest BCUT2D eigenvalue weighted by molar-refractivity contribution is 7.98. The molecule has 0 aliphatic carbocycles. The lowest BCUT2D eigenvalue weighted by molar-refractivity contribution is 0.135. The summed E-state index contributed by atoms with van der Waals surface area (Å²) >= 11 is 1.17. The number of hydrogen-bond donors (Lipinski definition) is 0. The molecule has 0 fully saturated rings. The third-order valence-corrected chi connectivity index (χ3v) is 4.08. The number of thioether (sulfide) groups is 1. The van der Waals surface area contributed by atoms with Gasteiger partial charge in [0.05, 0.1) is 6.21 Å². The standard InChI is InChI=1S/C17H16F2N4O2S/c1-11-5-3-4-6-14(11)24-10-13-8-7-12(25-13)9-20-23-16(15(18)19)21-22-17(23)26-2/h3-9,15H,10H2,1-2H3/b20-9-. The number of rotatable bonds is 7. The fourth-order valence-corrected chi connectivity index (χ4v) is 2.61. The van der Waals surface area contributed by atoms with Gasteiger partial charge in [0.15, 0.2) is 0 Å². The van der Waals surface area contributed by atoms with Crippen LogP contribution in [0.15, 0.2) is 51.1 Å². The lowest BCUT2D eigenvalue weighted by Crippen LogP contribution is -2.00. The Kier molecular flexibility index (Phi) is 5.67. The van der Waals surface area contributed by atoms with Crippen LogP contribution in [0.3, 0.4) is 0 Å². The van der Waals surface area contributed by atoms with Crippen molar-refractivity contribution in [2.45, 2.75) is 25.1 Å². The van der Waals surface area contributed by atoms with Crippen molar-refractivity contribution < 1.29 is 17.9 Å². The maximum absolute atomic E-state index is 13.0. The van der Waals surface area contributed by atoms with Gasteiger partial charge in [-0.25, -0.2) is 8.78 Å². The largest absolute Gasteiger partial charge is 0.485 e. The zero-order valence-corrected chi connectivity index (χ0v) is 14.9. The molecule has 3 aromatic rings. The van der Waals surface area contributed by atoms with Gasteiger partial charge in [-0.3, -0.25) is 0 Å². The Morgan fingerprint density at radius 1 is 1.27 bits per heavy atom. The summed E-state index contributed by atoms with van der Waals surface area (Å²) in [6.07, 6.45) is 0.279. The van der Waals surface area contributed by atoms with E-state index in [2.05, 4.69) is 15.3 Å². The predicted octanol–water partition coefficient (Wildman–Crippen LogP) is 4.30. The molecule has 0 radical (unpaired) electrons. The van der Waals surface area contributed by atoms with Crippen molar-refractivity contribution in [1.29, 1.82) is 0 Å². The van der Waals surface area contributed by atoms with Crippen LogP contribution in [0.25, 0.3) is 0 Å². The maximum atomic E-state index is 13.0. The topological polar surface area (TPSA) is 65.4 Å². The molecule has 0 unspecified atom stereocenters. The van der Waals surface area contributed by atoms with Gasteiger partial charge in [-0.05, 0) is 36.9 Å². The molecule has 0 aliphatic heterocycles. The van der Waals surface area contributed by atoms with Gasteiger partial charge in [0, 0.05) is 0 Å². The van der Waals surface area contributed by atoms with Crippen LogP contribution in [-0.2, 0) is 6.61 Å². The lowest BCUT2D eigenvalue weighted by Gasteiger charge is -2.06. The molecular formula is C17H16F2N4O2S. The van der Waals surface area contributed by atoms with E-state index in [0.717, 1.165) is 16.0 Å². The van der Waals surface area contributed by atoms with Gasteiger partial charge in [-0.2, -0.15) is 9.78 Å². The van der Waals surface area contributed by atoms with Crippen LogP contribution < -0.4 is 4.74 Å². The van der Waals surface area contributed by atoms with Crippen LogP contribution in [0.1, 0.15) is 29.3 Å². The fourth-order valence-electron chi connectivity index (χ4n) is 2.17. The summed E-state index contributed by atoms with van der Waals surface area (Å²) in [5, 5.41) is 11.4. The molecule has 2 aromatic heterocycles. The molecule has 0 N–H and O–H groups in total. The van der Waals surface area contributed by atoms with Crippen molar-refractivity contribution in [3.63, 3.8) is 0 Å². The van der Waals surface area contributed by atoms with Gasteiger partial charge in [0.1, 0.15) is 23.9 Å². The second kappa shape index (κ2) is 8.13. The van der Waals surface area contributed by atoms with E-state index in [-0.39, 0.29) is 11.8 Å². The van der Waals surface area contributed by atoms with E-state index in [9.17, 15) is 8.78 Å². The summed E-state index contributed by atoms with van der Waals surface area (Å²) in [7, 11) is 0. The van der Waals surface area contributed by atoms with Crippen molar-refractivity contribution in [3.8, 4) is 5.75 Å². The van der Waals surface area contributed by atoms with Gasteiger partial charge in [-0.15, -0.1) is 10.2 Å². The average Bonchev–Trinajstić information content (AvgIpc) is 3.25. The van der Waals surface area contributed by atoms with Crippen LogP contribution >= 0.6 is 11.8 Å². The Morgan fingerprint density at radius 3 is 2.81 bits per heavy atom. The molecule has 26 heavy (non-hydrogen) atoms. The first kappa shape index (κ1) is 18.1.